The first-order chi connectivity index (χ1) is 8.53. The van der Waals surface area contributed by atoms with Crippen molar-refractivity contribution < 1.29 is 8.42 Å². The highest BCUT2D eigenvalue weighted by Gasteiger charge is 2.26. The van der Waals surface area contributed by atoms with Crippen molar-refractivity contribution in [2.75, 3.05) is 7.05 Å². The summed E-state index contributed by atoms with van der Waals surface area (Å²) in [5.41, 5.74) is 0.953. The number of rotatable bonds is 5. The number of nitrogens with one attached hydrogen (secondary N) is 2. The topological polar surface area (TPSA) is 58.2 Å². The van der Waals surface area contributed by atoms with E-state index in [1.54, 1.807) is 12.1 Å². The van der Waals surface area contributed by atoms with Crippen molar-refractivity contribution in [1.29, 1.82) is 0 Å². The van der Waals surface area contributed by atoms with E-state index in [0.29, 0.717) is 15.9 Å². The van der Waals surface area contributed by atoms with Gasteiger partial charge < -0.3 is 5.32 Å². The second kappa shape index (κ2) is 5.69. The SMILES string of the molecule is CNCc1ccc(Br)c(S(=O)(=O)NC2CCC2)c1. The molecule has 1 aliphatic rings. The molecule has 6 heteroatoms. The predicted molar refractivity (Wildman–Crippen MR) is 74.9 cm³/mol. The zero-order valence-corrected chi connectivity index (χ0v) is 12.6. The van der Waals surface area contributed by atoms with Crippen molar-refractivity contribution in [3.8, 4) is 0 Å². The molecule has 4 nitrogen and oxygen atoms in total. The molecule has 0 bridgehead atoms. The van der Waals surface area contributed by atoms with Gasteiger partial charge in [0, 0.05) is 17.1 Å². The second-order valence-corrected chi connectivity index (χ2v) is 7.08. The summed E-state index contributed by atoms with van der Waals surface area (Å²) in [5, 5.41) is 3.01. The maximum Gasteiger partial charge on any atom is 0.241 e. The molecule has 1 aromatic rings. The number of benzene rings is 1. The molecule has 1 aromatic carbocycles. The Kier molecular flexibility index (Phi) is 4.42. The van der Waals surface area contributed by atoms with Crippen LogP contribution in [0, 0.1) is 0 Å². The van der Waals surface area contributed by atoms with E-state index in [4.69, 9.17) is 0 Å². The van der Waals surface area contributed by atoms with Crippen LogP contribution in [0.15, 0.2) is 27.6 Å². The largest absolute Gasteiger partial charge is 0.316 e. The number of halogens is 1. The Labute approximate surface area is 116 Å². The third-order valence-electron chi connectivity index (χ3n) is 3.09. The van der Waals surface area contributed by atoms with Gasteiger partial charge in [-0.15, -0.1) is 0 Å². The van der Waals surface area contributed by atoms with E-state index < -0.39 is 10.0 Å². The molecule has 0 aromatic heterocycles. The molecule has 0 spiro atoms. The van der Waals surface area contributed by atoms with Gasteiger partial charge >= 0.3 is 0 Å². The first kappa shape index (κ1) is 14.0. The molecule has 1 saturated carbocycles. The fourth-order valence-electron chi connectivity index (χ4n) is 1.88. The molecule has 2 N–H and O–H groups in total. The molecule has 0 atom stereocenters. The van der Waals surface area contributed by atoms with Gasteiger partial charge in [-0.25, -0.2) is 13.1 Å². The lowest BCUT2D eigenvalue weighted by Gasteiger charge is -2.26. The lowest BCUT2D eigenvalue weighted by atomic mass is 9.94. The van der Waals surface area contributed by atoms with Crippen LogP contribution >= 0.6 is 15.9 Å². The molecule has 0 radical (unpaired) electrons. The van der Waals surface area contributed by atoms with Crippen molar-refractivity contribution in [1.82, 2.24) is 10.0 Å². The lowest BCUT2D eigenvalue weighted by molar-refractivity contribution is 0.383. The third kappa shape index (κ3) is 3.12. The molecule has 0 unspecified atom stereocenters. The van der Waals surface area contributed by atoms with Gasteiger partial charge in [0.05, 0.1) is 4.90 Å². The minimum atomic E-state index is -3.42. The van der Waals surface area contributed by atoms with E-state index in [2.05, 4.69) is 26.0 Å². The smallest absolute Gasteiger partial charge is 0.241 e. The summed E-state index contributed by atoms with van der Waals surface area (Å²) in [7, 11) is -1.58. The molecule has 0 amide bonds. The van der Waals surface area contributed by atoms with Gasteiger partial charge in [0.15, 0.2) is 0 Å². The Balaban J connectivity index is 2.26. The zero-order chi connectivity index (χ0) is 13.2. The van der Waals surface area contributed by atoms with Crippen LogP contribution < -0.4 is 10.0 Å². The van der Waals surface area contributed by atoms with Gasteiger partial charge in [-0.2, -0.15) is 0 Å². The van der Waals surface area contributed by atoms with Crippen LogP contribution in [0.25, 0.3) is 0 Å². The maximum atomic E-state index is 12.3. The van der Waals surface area contributed by atoms with E-state index in [9.17, 15) is 8.42 Å². The van der Waals surface area contributed by atoms with Gasteiger partial charge in [-0.05, 0) is 53.5 Å². The van der Waals surface area contributed by atoms with Crippen molar-refractivity contribution in [2.45, 2.75) is 36.7 Å². The van der Waals surface area contributed by atoms with Crippen LogP contribution in [0.3, 0.4) is 0 Å². The molecular formula is C12H17BrN2O2S. The van der Waals surface area contributed by atoms with Gasteiger partial charge in [-0.1, -0.05) is 12.5 Å². The molecule has 0 heterocycles. The maximum absolute atomic E-state index is 12.3. The molecule has 1 aliphatic carbocycles. The third-order valence-corrected chi connectivity index (χ3v) is 5.61. The van der Waals surface area contributed by atoms with Crippen LogP contribution in [0.5, 0.6) is 0 Å². The second-order valence-electron chi connectivity index (χ2n) is 4.54. The van der Waals surface area contributed by atoms with Crippen molar-refractivity contribution in [3.63, 3.8) is 0 Å². The number of hydrogen-bond acceptors (Lipinski definition) is 3. The highest BCUT2D eigenvalue weighted by Crippen LogP contribution is 2.26. The highest BCUT2D eigenvalue weighted by atomic mass is 79.9. The minimum absolute atomic E-state index is 0.106. The quantitative estimate of drug-likeness (QED) is 0.867. The summed E-state index contributed by atoms with van der Waals surface area (Å²) in [4.78, 5) is 0.321. The van der Waals surface area contributed by atoms with Crippen molar-refractivity contribution in [2.24, 2.45) is 0 Å². The standard InChI is InChI=1S/C12H17BrN2O2S/c1-14-8-9-5-6-11(13)12(7-9)18(16,17)15-10-3-2-4-10/h5-7,10,14-15H,2-4,8H2,1H3. The van der Waals surface area contributed by atoms with Gasteiger partial charge in [0.1, 0.15) is 0 Å². The number of sulfonamides is 1. The van der Waals surface area contributed by atoms with Crippen LogP contribution in [0.1, 0.15) is 24.8 Å². The van der Waals surface area contributed by atoms with Crippen LogP contribution in [-0.2, 0) is 16.6 Å². The van der Waals surface area contributed by atoms with Crippen molar-refractivity contribution >= 4 is 26.0 Å². The Bertz CT molecular complexity index is 527. The summed E-state index contributed by atoms with van der Waals surface area (Å²) in [6, 6.07) is 5.50. The average Bonchev–Trinajstić information content (AvgIpc) is 2.27. The van der Waals surface area contributed by atoms with Crippen LogP contribution in [0.2, 0.25) is 0 Å². The van der Waals surface area contributed by atoms with Gasteiger partial charge in [0.25, 0.3) is 0 Å². The average molecular weight is 333 g/mol. The minimum Gasteiger partial charge on any atom is -0.316 e. The Morgan fingerprint density at radius 1 is 1.39 bits per heavy atom. The van der Waals surface area contributed by atoms with Crippen LogP contribution in [-0.4, -0.2) is 21.5 Å². The predicted octanol–water partition coefficient (Wildman–Crippen LogP) is 2.00. The summed E-state index contributed by atoms with van der Waals surface area (Å²) < 4.78 is 27.8. The molecule has 18 heavy (non-hydrogen) atoms. The molecule has 2 rings (SSSR count). The Morgan fingerprint density at radius 3 is 2.67 bits per heavy atom. The van der Waals surface area contributed by atoms with E-state index >= 15 is 0 Å². The van der Waals surface area contributed by atoms with E-state index in [0.717, 1.165) is 24.8 Å². The number of hydrogen-bond donors (Lipinski definition) is 2. The first-order valence-corrected chi connectivity index (χ1v) is 8.26. The van der Waals surface area contributed by atoms with E-state index in [1.165, 1.54) is 0 Å². The molecule has 1 fully saturated rings. The fraction of sp³-hybridized carbons (Fsp3) is 0.500. The first-order valence-electron chi connectivity index (χ1n) is 5.98. The Morgan fingerprint density at radius 2 is 2.11 bits per heavy atom. The van der Waals surface area contributed by atoms with Crippen LogP contribution in [0.4, 0.5) is 0 Å². The lowest BCUT2D eigenvalue weighted by Crippen LogP contribution is -2.39. The monoisotopic (exact) mass is 332 g/mol. The molecule has 100 valence electrons. The summed E-state index contributed by atoms with van der Waals surface area (Å²) in [5.74, 6) is 0. The van der Waals surface area contributed by atoms with Gasteiger partial charge in [-0.3, -0.25) is 0 Å². The Hall–Kier alpha value is -0.430. The highest BCUT2D eigenvalue weighted by molar-refractivity contribution is 9.10. The summed E-state index contributed by atoms with van der Waals surface area (Å²) >= 11 is 3.31. The van der Waals surface area contributed by atoms with Gasteiger partial charge in [0.2, 0.25) is 10.0 Å². The normalized spacial score (nSPS) is 16.6. The summed E-state index contributed by atoms with van der Waals surface area (Å²) in [6.07, 6.45) is 2.98. The molecule has 0 aliphatic heterocycles. The fourth-order valence-corrected chi connectivity index (χ4v) is 4.20. The molecular weight excluding hydrogens is 316 g/mol. The molecule has 0 saturated heterocycles. The zero-order valence-electron chi connectivity index (χ0n) is 10.2. The summed E-state index contributed by atoms with van der Waals surface area (Å²) in [6.45, 7) is 0.652. The van der Waals surface area contributed by atoms with Crippen molar-refractivity contribution in [3.05, 3.63) is 28.2 Å². The van der Waals surface area contributed by atoms with E-state index in [1.807, 2.05) is 13.1 Å². The van der Waals surface area contributed by atoms with E-state index in [-0.39, 0.29) is 6.04 Å².